The molecule has 96 valence electrons. The third-order valence-electron chi connectivity index (χ3n) is 3.03. The highest BCUT2D eigenvalue weighted by Crippen LogP contribution is 2.15. The summed E-state index contributed by atoms with van der Waals surface area (Å²) in [6.07, 6.45) is 0.338. The number of rotatable bonds is 4. The van der Waals surface area contributed by atoms with Gasteiger partial charge in [0.1, 0.15) is 5.82 Å². The van der Waals surface area contributed by atoms with Gasteiger partial charge in [0.25, 0.3) is 5.56 Å². The maximum atomic E-state index is 11.9. The second kappa shape index (κ2) is 5.23. The zero-order valence-corrected chi connectivity index (χ0v) is 10.7. The molecular formula is C14H18N2O2. The molecule has 0 fully saturated rings. The maximum Gasteiger partial charge on any atom is 0.257 e. The van der Waals surface area contributed by atoms with Gasteiger partial charge in [-0.15, -0.1) is 0 Å². The van der Waals surface area contributed by atoms with Gasteiger partial charge in [-0.2, -0.15) is 0 Å². The Balaban J connectivity index is 2.31. The molecule has 1 aromatic heterocycles. The Morgan fingerprint density at radius 3 is 2.83 bits per heavy atom. The molecule has 1 heterocycles. The van der Waals surface area contributed by atoms with E-state index in [1.807, 2.05) is 42.3 Å². The van der Waals surface area contributed by atoms with Gasteiger partial charge >= 0.3 is 0 Å². The van der Waals surface area contributed by atoms with Gasteiger partial charge in [-0.05, 0) is 30.9 Å². The Morgan fingerprint density at radius 2 is 2.11 bits per heavy atom. The van der Waals surface area contributed by atoms with Crippen LogP contribution in [0.15, 0.2) is 35.1 Å². The SMILES string of the molecule is CC(O)CCN(C)c1cc2ccccc2c(=O)[nH]1. The molecule has 18 heavy (non-hydrogen) atoms. The first kappa shape index (κ1) is 12.6. The van der Waals surface area contributed by atoms with Crippen LogP contribution in [0.5, 0.6) is 0 Å². The van der Waals surface area contributed by atoms with Crippen molar-refractivity contribution >= 4 is 16.6 Å². The number of hydrogen-bond acceptors (Lipinski definition) is 3. The lowest BCUT2D eigenvalue weighted by molar-refractivity contribution is 0.187. The average Bonchev–Trinajstić information content (AvgIpc) is 2.36. The minimum atomic E-state index is -0.334. The summed E-state index contributed by atoms with van der Waals surface area (Å²) in [5.74, 6) is 0.777. The van der Waals surface area contributed by atoms with E-state index in [-0.39, 0.29) is 11.7 Å². The summed E-state index contributed by atoms with van der Waals surface area (Å²) in [4.78, 5) is 16.7. The number of benzene rings is 1. The molecule has 2 aromatic rings. The second-order valence-corrected chi connectivity index (χ2v) is 4.63. The number of nitrogens with one attached hydrogen (secondary N) is 1. The molecule has 0 aliphatic heterocycles. The fourth-order valence-corrected chi connectivity index (χ4v) is 1.90. The number of anilines is 1. The van der Waals surface area contributed by atoms with Gasteiger partial charge in [-0.25, -0.2) is 0 Å². The van der Waals surface area contributed by atoms with Crippen LogP contribution < -0.4 is 10.5 Å². The minimum Gasteiger partial charge on any atom is -0.393 e. The molecule has 0 spiro atoms. The van der Waals surface area contributed by atoms with Crippen molar-refractivity contribution < 1.29 is 5.11 Å². The van der Waals surface area contributed by atoms with Crippen LogP contribution in [0.4, 0.5) is 5.82 Å². The number of pyridine rings is 1. The molecule has 0 radical (unpaired) electrons. The number of aliphatic hydroxyl groups is 1. The van der Waals surface area contributed by atoms with Crippen LogP contribution in [0.2, 0.25) is 0 Å². The molecule has 1 unspecified atom stereocenters. The quantitative estimate of drug-likeness (QED) is 0.864. The smallest absolute Gasteiger partial charge is 0.257 e. The van der Waals surface area contributed by atoms with E-state index in [0.717, 1.165) is 11.2 Å². The summed E-state index contributed by atoms with van der Waals surface area (Å²) < 4.78 is 0. The molecule has 0 aliphatic carbocycles. The number of aromatic amines is 1. The maximum absolute atomic E-state index is 11.9. The fraction of sp³-hybridized carbons (Fsp3) is 0.357. The van der Waals surface area contributed by atoms with Crippen molar-refractivity contribution in [1.82, 2.24) is 4.98 Å². The number of nitrogens with zero attached hydrogens (tertiary/aromatic N) is 1. The fourth-order valence-electron chi connectivity index (χ4n) is 1.90. The first-order valence-electron chi connectivity index (χ1n) is 6.09. The van der Waals surface area contributed by atoms with E-state index >= 15 is 0 Å². The van der Waals surface area contributed by atoms with Gasteiger partial charge in [0, 0.05) is 19.0 Å². The highest BCUT2D eigenvalue weighted by molar-refractivity contribution is 5.83. The predicted octanol–water partition coefficient (Wildman–Crippen LogP) is 1.74. The molecule has 2 rings (SSSR count). The third kappa shape index (κ3) is 2.71. The lowest BCUT2D eigenvalue weighted by atomic mass is 10.1. The molecule has 4 heteroatoms. The first-order chi connectivity index (χ1) is 8.58. The largest absolute Gasteiger partial charge is 0.393 e. The first-order valence-corrected chi connectivity index (χ1v) is 6.09. The predicted molar refractivity (Wildman–Crippen MR) is 74.1 cm³/mol. The van der Waals surface area contributed by atoms with Crippen molar-refractivity contribution in [2.45, 2.75) is 19.4 Å². The van der Waals surface area contributed by atoms with Gasteiger partial charge in [0.2, 0.25) is 0 Å². The molecule has 0 bridgehead atoms. The summed E-state index contributed by atoms with van der Waals surface area (Å²) >= 11 is 0. The van der Waals surface area contributed by atoms with Crippen LogP contribution in [0.25, 0.3) is 10.8 Å². The van der Waals surface area contributed by atoms with Crippen LogP contribution in [-0.4, -0.2) is 29.8 Å². The summed E-state index contributed by atoms with van der Waals surface area (Å²) in [6, 6.07) is 9.47. The topological polar surface area (TPSA) is 56.3 Å². The van der Waals surface area contributed by atoms with Crippen LogP contribution in [-0.2, 0) is 0 Å². The highest BCUT2D eigenvalue weighted by Gasteiger charge is 2.06. The van der Waals surface area contributed by atoms with E-state index < -0.39 is 0 Å². The number of hydrogen-bond donors (Lipinski definition) is 2. The highest BCUT2D eigenvalue weighted by atomic mass is 16.3. The number of H-pyrrole nitrogens is 1. The standard InChI is InChI=1S/C14H18N2O2/c1-10(17)7-8-16(2)13-9-11-5-3-4-6-12(11)14(18)15-13/h3-6,9-10,17H,7-8H2,1-2H3,(H,15,18). The molecule has 0 saturated heterocycles. The molecule has 0 amide bonds. The van der Waals surface area contributed by atoms with Crippen LogP contribution >= 0.6 is 0 Å². The monoisotopic (exact) mass is 246 g/mol. The van der Waals surface area contributed by atoms with Crippen LogP contribution in [0, 0.1) is 0 Å². The zero-order valence-electron chi connectivity index (χ0n) is 10.7. The number of aromatic nitrogens is 1. The molecule has 1 aromatic carbocycles. The van der Waals surface area contributed by atoms with Gasteiger partial charge < -0.3 is 15.0 Å². The van der Waals surface area contributed by atoms with Crippen LogP contribution in [0.3, 0.4) is 0 Å². The molecule has 0 saturated carbocycles. The van der Waals surface area contributed by atoms with E-state index in [2.05, 4.69) is 4.98 Å². The van der Waals surface area contributed by atoms with Gasteiger partial charge in [-0.1, -0.05) is 18.2 Å². The van der Waals surface area contributed by atoms with E-state index in [9.17, 15) is 9.90 Å². The average molecular weight is 246 g/mol. The zero-order chi connectivity index (χ0) is 13.1. The summed E-state index contributed by atoms with van der Waals surface area (Å²) in [6.45, 7) is 2.46. The van der Waals surface area contributed by atoms with Crippen molar-refractivity contribution in [2.75, 3.05) is 18.5 Å². The molecule has 2 N–H and O–H groups in total. The summed E-state index contributed by atoms with van der Waals surface area (Å²) in [5, 5.41) is 10.9. The molecule has 1 atom stereocenters. The van der Waals surface area contributed by atoms with Gasteiger partial charge in [0.15, 0.2) is 0 Å². The van der Waals surface area contributed by atoms with Crippen molar-refractivity contribution in [3.8, 4) is 0 Å². The second-order valence-electron chi connectivity index (χ2n) is 4.63. The number of fused-ring (bicyclic) bond motifs is 1. The van der Waals surface area contributed by atoms with E-state index in [0.29, 0.717) is 18.4 Å². The Morgan fingerprint density at radius 1 is 1.39 bits per heavy atom. The molecular weight excluding hydrogens is 228 g/mol. The van der Waals surface area contributed by atoms with E-state index in [1.165, 1.54) is 0 Å². The van der Waals surface area contributed by atoms with Crippen molar-refractivity contribution in [1.29, 1.82) is 0 Å². The Bertz CT molecular complexity index is 590. The Hall–Kier alpha value is -1.81. The van der Waals surface area contributed by atoms with Crippen molar-refractivity contribution in [3.05, 3.63) is 40.7 Å². The normalized spacial score (nSPS) is 12.6. The van der Waals surface area contributed by atoms with Crippen molar-refractivity contribution in [2.24, 2.45) is 0 Å². The van der Waals surface area contributed by atoms with E-state index in [4.69, 9.17) is 0 Å². The molecule has 0 aliphatic rings. The summed E-state index contributed by atoms with van der Waals surface area (Å²) in [5.41, 5.74) is -0.0769. The minimum absolute atomic E-state index is 0.0769. The molecule has 4 nitrogen and oxygen atoms in total. The van der Waals surface area contributed by atoms with E-state index in [1.54, 1.807) is 6.92 Å². The third-order valence-corrected chi connectivity index (χ3v) is 3.03. The summed E-state index contributed by atoms with van der Waals surface area (Å²) in [7, 11) is 1.91. The van der Waals surface area contributed by atoms with Crippen LogP contribution in [0.1, 0.15) is 13.3 Å². The lowest BCUT2D eigenvalue weighted by Gasteiger charge is -2.19. The lowest BCUT2D eigenvalue weighted by Crippen LogP contribution is -2.24. The van der Waals surface area contributed by atoms with Gasteiger partial charge in [0.05, 0.1) is 6.10 Å². The Labute approximate surface area is 106 Å². The van der Waals surface area contributed by atoms with Gasteiger partial charge in [-0.3, -0.25) is 4.79 Å². The Kier molecular flexibility index (Phi) is 3.67. The number of aliphatic hydroxyl groups excluding tert-OH is 1. The van der Waals surface area contributed by atoms with Crippen molar-refractivity contribution in [3.63, 3.8) is 0 Å².